The Kier molecular flexibility index (Phi) is 4.38. The van der Waals surface area contributed by atoms with Gasteiger partial charge in [0.1, 0.15) is 0 Å². The van der Waals surface area contributed by atoms with E-state index < -0.39 is 18.8 Å². The van der Waals surface area contributed by atoms with Gasteiger partial charge in [-0.3, -0.25) is 0 Å². The van der Waals surface area contributed by atoms with Gasteiger partial charge in [0.15, 0.2) is 6.10 Å². The van der Waals surface area contributed by atoms with Gasteiger partial charge in [-0.1, -0.05) is 23.7 Å². The molecule has 1 aliphatic carbocycles. The van der Waals surface area contributed by atoms with Crippen molar-refractivity contribution in [2.24, 2.45) is 5.92 Å². The number of aliphatic hydroxyl groups excluding tert-OH is 1. The van der Waals surface area contributed by atoms with Crippen LogP contribution in [0.3, 0.4) is 0 Å². The fourth-order valence-electron chi connectivity index (χ4n) is 2.01. The van der Waals surface area contributed by atoms with E-state index >= 15 is 0 Å². The van der Waals surface area contributed by atoms with E-state index in [2.05, 4.69) is 5.32 Å². The zero-order valence-electron chi connectivity index (χ0n) is 10.1. The molecule has 0 bridgehead atoms. The second-order valence-electron chi connectivity index (χ2n) is 4.83. The van der Waals surface area contributed by atoms with E-state index in [9.17, 15) is 13.2 Å². The van der Waals surface area contributed by atoms with E-state index in [0.717, 1.165) is 18.4 Å². The van der Waals surface area contributed by atoms with Crippen molar-refractivity contribution in [1.29, 1.82) is 0 Å². The summed E-state index contributed by atoms with van der Waals surface area (Å²) in [5, 5.41) is 12.4. The maximum Gasteiger partial charge on any atom is 0.415 e. The number of nitrogens with one attached hydrogen (secondary N) is 1. The van der Waals surface area contributed by atoms with Gasteiger partial charge >= 0.3 is 6.18 Å². The van der Waals surface area contributed by atoms with Crippen LogP contribution in [0.5, 0.6) is 0 Å². The molecule has 2 atom stereocenters. The highest BCUT2D eigenvalue weighted by Gasteiger charge is 2.39. The summed E-state index contributed by atoms with van der Waals surface area (Å²) in [5.74, 6) is 0.335. The Balaban J connectivity index is 1.99. The molecule has 2 rings (SSSR count). The lowest BCUT2D eigenvalue weighted by molar-refractivity contribution is -0.202. The zero-order chi connectivity index (χ0) is 14.0. The van der Waals surface area contributed by atoms with E-state index in [1.165, 1.54) is 0 Å². The van der Waals surface area contributed by atoms with Crippen LogP contribution in [-0.2, 0) is 0 Å². The minimum Gasteiger partial charge on any atom is -0.382 e. The van der Waals surface area contributed by atoms with Crippen molar-refractivity contribution < 1.29 is 18.3 Å². The quantitative estimate of drug-likeness (QED) is 0.873. The maximum absolute atomic E-state index is 12.3. The van der Waals surface area contributed by atoms with Gasteiger partial charge in [-0.2, -0.15) is 13.2 Å². The summed E-state index contributed by atoms with van der Waals surface area (Å²) in [6.45, 7) is -0.493. The van der Waals surface area contributed by atoms with Gasteiger partial charge in [0.05, 0.1) is 0 Å². The Morgan fingerprint density at radius 1 is 1.26 bits per heavy atom. The molecule has 19 heavy (non-hydrogen) atoms. The molecule has 1 aliphatic rings. The van der Waals surface area contributed by atoms with Gasteiger partial charge in [-0.15, -0.1) is 0 Å². The van der Waals surface area contributed by atoms with Crippen molar-refractivity contribution >= 4 is 11.6 Å². The summed E-state index contributed by atoms with van der Waals surface area (Å²) >= 11 is 5.79. The Labute approximate surface area is 114 Å². The third kappa shape index (κ3) is 4.09. The molecule has 1 saturated carbocycles. The van der Waals surface area contributed by atoms with E-state index in [1.54, 1.807) is 24.3 Å². The molecule has 0 heterocycles. The minimum atomic E-state index is -4.58. The number of aliphatic hydroxyl groups is 1. The van der Waals surface area contributed by atoms with Crippen LogP contribution in [0.1, 0.15) is 24.4 Å². The number of alkyl halides is 3. The molecule has 0 radical (unpaired) electrons. The van der Waals surface area contributed by atoms with Crippen molar-refractivity contribution in [1.82, 2.24) is 5.32 Å². The van der Waals surface area contributed by atoms with Crippen LogP contribution >= 0.6 is 11.6 Å². The Bertz CT molecular complexity index is 417. The van der Waals surface area contributed by atoms with Crippen LogP contribution in [0, 0.1) is 5.92 Å². The maximum atomic E-state index is 12.3. The summed E-state index contributed by atoms with van der Waals surface area (Å²) in [4.78, 5) is 0. The smallest absolute Gasteiger partial charge is 0.382 e. The first-order chi connectivity index (χ1) is 8.88. The summed E-state index contributed by atoms with van der Waals surface area (Å²) in [6, 6.07) is 6.88. The van der Waals surface area contributed by atoms with Crippen LogP contribution in [-0.4, -0.2) is 23.9 Å². The van der Waals surface area contributed by atoms with E-state index in [0.29, 0.717) is 10.9 Å². The molecule has 2 unspecified atom stereocenters. The fraction of sp³-hybridized carbons (Fsp3) is 0.538. The van der Waals surface area contributed by atoms with Gasteiger partial charge in [0, 0.05) is 17.6 Å². The van der Waals surface area contributed by atoms with Gasteiger partial charge in [0.2, 0.25) is 0 Å². The predicted molar refractivity (Wildman–Crippen MR) is 67.0 cm³/mol. The number of rotatable bonds is 5. The standard InChI is InChI=1S/C13H15ClF3NO/c14-10-5-3-9(4-6-10)12(8-1-2-8)18-7-11(19)13(15,16)17/h3-6,8,11-12,18-19H,1-2,7H2. The van der Waals surface area contributed by atoms with Crippen molar-refractivity contribution in [3.8, 4) is 0 Å². The monoisotopic (exact) mass is 293 g/mol. The zero-order valence-corrected chi connectivity index (χ0v) is 10.9. The number of benzene rings is 1. The van der Waals surface area contributed by atoms with E-state index in [4.69, 9.17) is 16.7 Å². The predicted octanol–water partition coefficient (Wildman–Crippen LogP) is 3.30. The molecule has 106 valence electrons. The van der Waals surface area contributed by atoms with Gasteiger partial charge in [0.25, 0.3) is 0 Å². The molecular formula is C13H15ClF3NO. The molecule has 2 nitrogen and oxygen atoms in total. The molecule has 0 aromatic heterocycles. The van der Waals surface area contributed by atoms with Gasteiger partial charge in [-0.25, -0.2) is 0 Å². The molecule has 1 aromatic carbocycles. The average Bonchev–Trinajstić information content (AvgIpc) is 3.14. The number of hydrogen-bond donors (Lipinski definition) is 2. The highest BCUT2D eigenvalue weighted by molar-refractivity contribution is 6.30. The lowest BCUT2D eigenvalue weighted by Gasteiger charge is -2.22. The minimum absolute atomic E-state index is 0.158. The van der Waals surface area contributed by atoms with Crippen molar-refractivity contribution in [3.63, 3.8) is 0 Å². The SMILES string of the molecule is OC(CNC(c1ccc(Cl)cc1)C1CC1)C(F)(F)F. The first kappa shape index (κ1) is 14.6. The van der Waals surface area contributed by atoms with Gasteiger partial charge in [-0.05, 0) is 36.5 Å². The topological polar surface area (TPSA) is 32.3 Å². The van der Waals surface area contributed by atoms with E-state index in [1.807, 2.05) is 0 Å². The first-order valence-electron chi connectivity index (χ1n) is 6.11. The van der Waals surface area contributed by atoms with Crippen LogP contribution in [0.4, 0.5) is 13.2 Å². The van der Waals surface area contributed by atoms with Gasteiger partial charge < -0.3 is 10.4 Å². The molecule has 0 amide bonds. The summed E-state index contributed by atoms with van der Waals surface area (Å²) in [5.41, 5.74) is 0.904. The van der Waals surface area contributed by atoms with Crippen molar-refractivity contribution in [3.05, 3.63) is 34.9 Å². The van der Waals surface area contributed by atoms with Crippen molar-refractivity contribution in [2.45, 2.75) is 31.2 Å². The van der Waals surface area contributed by atoms with Crippen LogP contribution in [0.2, 0.25) is 5.02 Å². The molecule has 1 fully saturated rings. The van der Waals surface area contributed by atoms with Crippen molar-refractivity contribution in [2.75, 3.05) is 6.54 Å². The number of hydrogen-bond acceptors (Lipinski definition) is 2. The summed E-state index contributed by atoms with van der Waals surface area (Å²) < 4.78 is 36.8. The molecule has 0 aliphatic heterocycles. The second kappa shape index (κ2) is 5.69. The van der Waals surface area contributed by atoms with E-state index in [-0.39, 0.29) is 6.04 Å². The number of halogens is 4. The molecule has 6 heteroatoms. The normalized spacial score (nSPS) is 19.2. The Morgan fingerprint density at radius 3 is 2.32 bits per heavy atom. The lowest BCUT2D eigenvalue weighted by atomic mass is 10.0. The Morgan fingerprint density at radius 2 is 1.84 bits per heavy atom. The molecule has 0 spiro atoms. The largest absolute Gasteiger partial charge is 0.415 e. The lowest BCUT2D eigenvalue weighted by Crippen LogP contribution is -2.40. The highest BCUT2D eigenvalue weighted by Crippen LogP contribution is 2.41. The molecule has 0 saturated heterocycles. The van der Waals surface area contributed by atoms with Crippen LogP contribution in [0.25, 0.3) is 0 Å². The van der Waals surface area contributed by atoms with Crippen LogP contribution in [0.15, 0.2) is 24.3 Å². The average molecular weight is 294 g/mol. The Hall–Kier alpha value is -0.780. The highest BCUT2D eigenvalue weighted by atomic mass is 35.5. The summed E-state index contributed by atoms with van der Waals surface area (Å²) in [6.07, 6.45) is -4.94. The van der Waals surface area contributed by atoms with Crippen LogP contribution < -0.4 is 5.32 Å². The molecule has 1 aromatic rings. The summed E-state index contributed by atoms with van der Waals surface area (Å²) in [7, 11) is 0. The third-order valence-corrected chi connectivity index (χ3v) is 3.48. The first-order valence-corrected chi connectivity index (χ1v) is 6.49. The molecule has 2 N–H and O–H groups in total. The second-order valence-corrected chi connectivity index (χ2v) is 5.27. The fourth-order valence-corrected chi connectivity index (χ4v) is 2.14. The molecular weight excluding hydrogens is 279 g/mol. The third-order valence-electron chi connectivity index (χ3n) is 3.23.